The summed E-state index contributed by atoms with van der Waals surface area (Å²) < 4.78 is 3.88. The number of anilines is 1. The molecule has 3 atom stereocenters. The van der Waals surface area contributed by atoms with Crippen molar-refractivity contribution < 1.29 is 34.2 Å². The molecule has 5 N–H and O–H groups in total. The molecule has 1 aromatic heterocycles. The molecule has 4 rings (SSSR count). The van der Waals surface area contributed by atoms with Gasteiger partial charge in [0.15, 0.2) is 5.13 Å². The Kier molecular flexibility index (Phi) is 4.57. The fourth-order valence-electron chi connectivity index (χ4n) is 2.84. The molecule has 0 bridgehead atoms. The van der Waals surface area contributed by atoms with Crippen LogP contribution in [0, 0.1) is 0 Å². The molecule has 154 valence electrons. The van der Waals surface area contributed by atoms with Gasteiger partial charge in [-0.3, -0.25) is 14.4 Å². The van der Waals surface area contributed by atoms with E-state index in [1.54, 1.807) is 0 Å². The molecule has 3 fully saturated rings. The highest BCUT2D eigenvalue weighted by Crippen LogP contribution is 2.41. The van der Waals surface area contributed by atoms with Gasteiger partial charge in [-0.25, -0.2) is 4.79 Å². The van der Waals surface area contributed by atoms with E-state index in [1.165, 1.54) is 4.90 Å². The van der Waals surface area contributed by atoms with Crippen molar-refractivity contribution in [2.75, 3.05) is 12.3 Å². The van der Waals surface area contributed by atoms with E-state index in [0.29, 0.717) is 0 Å². The van der Waals surface area contributed by atoms with Gasteiger partial charge in [0, 0.05) is 30.9 Å². The van der Waals surface area contributed by atoms with Crippen LogP contribution in [0.25, 0.3) is 0 Å². The molecular formula is C14H14N6O7S2. The van der Waals surface area contributed by atoms with Gasteiger partial charge in [0.2, 0.25) is 23.0 Å². The molecule has 2 saturated heterocycles. The number of thioether (sulfide) groups is 1. The first kappa shape index (κ1) is 19.4. The summed E-state index contributed by atoms with van der Waals surface area (Å²) in [5.41, 5.74) is 3.62. The smallest absolute Gasteiger partial charge is 0.350 e. The minimum atomic E-state index is -1.49. The number of aromatic nitrogens is 2. The maximum absolute atomic E-state index is 12.7. The van der Waals surface area contributed by atoms with Crippen molar-refractivity contribution in [3.8, 4) is 0 Å². The minimum Gasteiger partial charge on any atom is -0.480 e. The normalized spacial score (nSPS) is 27.0. The molecule has 3 aliphatic rings. The summed E-state index contributed by atoms with van der Waals surface area (Å²) in [4.78, 5) is 57.6. The Morgan fingerprint density at radius 1 is 1.34 bits per heavy atom. The van der Waals surface area contributed by atoms with E-state index < -0.39 is 51.7 Å². The Morgan fingerprint density at radius 3 is 2.62 bits per heavy atom. The minimum absolute atomic E-state index is 0.0569. The van der Waals surface area contributed by atoms with Crippen LogP contribution >= 0.6 is 23.3 Å². The average Bonchev–Trinajstić information content (AvgIpc) is 3.17. The van der Waals surface area contributed by atoms with Crippen molar-refractivity contribution in [3.63, 3.8) is 0 Å². The number of carbonyl (C=O) groups is 4. The van der Waals surface area contributed by atoms with Gasteiger partial charge in [0.25, 0.3) is 5.91 Å². The number of rotatable bonds is 7. The number of β-lactam (4-membered cyclic amide) rings is 1. The topological polar surface area (TPSA) is 197 Å². The van der Waals surface area contributed by atoms with Crippen LogP contribution < -0.4 is 11.1 Å². The third-order valence-electron chi connectivity index (χ3n) is 4.64. The second-order valence-corrected chi connectivity index (χ2v) is 8.69. The lowest BCUT2D eigenvalue weighted by atomic mass is 10.1. The summed E-state index contributed by atoms with van der Waals surface area (Å²) in [6, 6.07) is -0.951. The molecule has 1 saturated carbocycles. The standard InChI is InChI=1S/C14H14N6O7S2/c15-13-17-7(19-29-13)5(18-27-14(1-2-14)12(25)26)8(21)16-6-9(22)20-3-4(11(23)24)28-10(6)20/h4,6,10H,1-3H2,(H,16,21)(H,23,24)(H,25,26)(H2,15,17,19)/b18-5-/t4-,6-,10?/m1/s1. The second kappa shape index (κ2) is 6.84. The Hall–Kier alpha value is -2.94. The summed E-state index contributed by atoms with van der Waals surface area (Å²) in [6.45, 7) is 0.0607. The van der Waals surface area contributed by atoms with E-state index in [1.807, 2.05) is 0 Å². The summed E-state index contributed by atoms with van der Waals surface area (Å²) in [6.07, 6.45) is 0.470. The van der Waals surface area contributed by atoms with E-state index in [4.69, 9.17) is 15.7 Å². The van der Waals surface area contributed by atoms with Gasteiger partial charge >= 0.3 is 11.9 Å². The molecule has 1 unspecified atom stereocenters. The molecule has 0 aromatic carbocycles. The number of aliphatic carboxylic acids is 2. The molecule has 0 spiro atoms. The predicted octanol–water partition coefficient (Wildman–Crippen LogP) is -1.69. The van der Waals surface area contributed by atoms with Crippen molar-refractivity contribution in [1.29, 1.82) is 0 Å². The zero-order valence-corrected chi connectivity index (χ0v) is 16.1. The predicted molar refractivity (Wildman–Crippen MR) is 98.0 cm³/mol. The van der Waals surface area contributed by atoms with E-state index in [-0.39, 0.29) is 30.3 Å². The first-order valence-electron chi connectivity index (χ1n) is 8.30. The van der Waals surface area contributed by atoms with Gasteiger partial charge in [-0.2, -0.15) is 9.36 Å². The van der Waals surface area contributed by atoms with E-state index in [9.17, 15) is 24.3 Å². The van der Waals surface area contributed by atoms with Gasteiger partial charge in [0.1, 0.15) is 16.7 Å². The number of carbonyl (C=O) groups excluding carboxylic acids is 2. The van der Waals surface area contributed by atoms with Gasteiger partial charge in [-0.05, 0) is 0 Å². The molecule has 13 nitrogen and oxygen atoms in total. The maximum Gasteiger partial charge on any atom is 0.350 e. The number of fused-ring (bicyclic) bond motifs is 1. The van der Waals surface area contributed by atoms with Gasteiger partial charge in [-0.15, -0.1) is 11.8 Å². The maximum atomic E-state index is 12.7. The number of oxime groups is 1. The van der Waals surface area contributed by atoms with Crippen LogP contribution in [0.5, 0.6) is 0 Å². The van der Waals surface area contributed by atoms with Gasteiger partial charge in [0.05, 0.1) is 0 Å². The molecule has 15 heteroatoms. The highest BCUT2D eigenvalue weighted by molar-refractivity contribution is 8.01. The number of hydrogen-bond acceptors (Lipinski definition) is 11. The number of nitrogens with one attached hydrogen (secondary N) is 1. The van der Waals surface area contributed by atoms with E-state index in [0.717, 1.165) is 23.3 Å². The molecule has 3 heterocycles. The van der Waals surface area contributed by atoms with Crippen molar-refractivity contribution in [2.45, 2.75) is 35.1 Å². The Balaban J connectivity index is 1.51. The van der Waals surface area contributed by atoms with Crippen LogP contribution in [-0.2, 0) is 24.0 Å². The van der Waals surface area contributed by atoms with Crippen molar-refractivity contribution in [2.24, 2.45) is 5.16 Å². The highest BCUT2D eigenvalue weighted by Gasteiger charge is 2.56. The van der Waals surface area contributed by atoms with Crippen LogP contribution in [0.4, 0.5) is 5.13 Å². The zero-order chi connectivity index (χ0) is 20.9. The fourth-order valence-corrected chi connectivity index (χ4v) is 4.66. The first-order valence-corrected chi connectivity index (χ1v) is 10.0. The van der Waals surface area contributed by atoms with Crippen LogP contribution in [0.15, 0.2) is 5.16 Å². The number of carboxylic acid groups (broad SMARTS) is 2. The number of nitrogens with zero attached hydrogens (tertiary/aromatic N) is 4. The SMILES string of the molecule is Nc1nc(/C(=N/OC2(C(=O)O)CC2)C(=O)N[C@@H]2C(=O)N3C[C@H](C(=O)O)SC23)ns1. The summed E-state index contributed by atoms with van der Waals surface area (Å²) in [5.74, 6) is -3.70. The second-order valence-electron chi connectivity index (χ2n) is 6.58. The Morgan fingerprint density at radius 2 is 2.07 bits per heavy atom. The van der Waals surface area contributed by atoms with Crippen LogP contribution in [0.1, 0.15) is 18.7 Å². The van der Waals surface area contributed by atoms with Crippen LogP contribution in [0.3, 0.4) is 0 Å². The van der Waals surface area contributed by atoms with Gasteiger partial charge in [-0.1, -0.05) is 5.16 Å². The van der Waals surface area contributed by atoms with Crippen molar-refractivity contribution >= 4 is 57.9 Å². The summed E-state index contributed by atoms with van der Waals surface area (Å²) in [7, 11) is 0. The molecule has 2 aliphatic heterocycles. The fraction of sp³-hybridized carbons (Fsp3) is 0.500. The molecule has 1 aromatic rings. The van der Waals surface area contributed by atoms with Crippen molar-refractivity contribution in [3.05, 3.63) is 5.82 Å². The molecule has 1 aliphatic carbocycles. The van der Waals surface area contributed by atoms with Crippen LogP contribution in [0.2, 0.25) is 0 Å². The lowest BCUT2D eigenvalue weighted by Gasteiger charge is -2.41. The number of carboxylic acids is 2. The average molecular weight is 442 g/mol. The number of nitrogens with two attached hydrogens (primary N) is 1. The Labute approximate surface area is 170 Å². The summed E-state index contributed by atoms with van der Waals surface area (Å²) in [5, 5.41) is 23.2. The largest absolute Gasteiger partial charge is 0.480 e. The highest BCUT2D eigenvalue weighted by atomic mass is 32.2. The zero-order valence-electron chi connectivity index (χ0n) is 14.5. The Bertz CT molecular complexity index is 945. The first-order chi connectivity index (χ1) is 13.7. The molecular weight excluding hydrogens is 428 g/mol. The van der Waals surface area contributed by atoms with Crippen molar-refractivity contribution in [1.82, 2.24) is 19.6 Å². The number of hydrogen-bond donors (Lipinski definition) is 4. The third-order valence-corrected chi connectivity index (χ3v) is 6.67. The number of nitrogen functional groups attached to an aromatic ring is 1. The number of amides is 2. The van der Waals surface area contributed by atoms with Crippen LogP contribution in [-0.4, -0.2) is 82.7 Å². The van der Waals surface area contributed by atoms with E-state index >= 15 is 0 Å². The van der Waals surface area contributed by atoms with Gasteiger partial charge < -0.3 is 31.0 Å². The third kappa shape index (κ3) is 3.35. The monoisotopic (exact) mass is 442 g/mol. The lowest BCUT2D eigenvalue weighted by Crippen LogP contribution is -2.67. The molecule has 29 heavy (non-hydrogen) atoms. The quantitative estimate of drug-likeness (QED) is 0.213. The van der Waals surface area contributed by atoms with E-state index in [2.05, 4.69) is 19.8 Å². The lowest BCUT2D eigenvalue weighted by molar-refractivity contribution is -0.153. The summed E-state index contributed by atoms with van der Waals surface area (Å²) >= 11 is 1.86. The molecule has 0 radical (unpaired) electrons. The molecule has 2 amide bonds.